The van der Waals surface area contributed by atoms with Crippen LogP contribution in [-0.4, -0.2) is 31.3 Å². The van der Waals surface area contributed by atoms with Crippen LogP contribution in [0.1, 0.15) is 39.5 Å². The minimum atomic E-state index is 0.132. The largest absolute Gasteiger partial charge is 0.463 e. The molecule has 0 aromatic carbocycles. The highest BCUT2D eigenvalue weighted by Crippen LogP contribution is 2.15. The van der Waals surface area contributed by atoms with Crippen LogP contribution in [-0.2, 0) is 0 Å². The second-order valence-corrected chi connectivity index (χ2v) is 4.95. The van der Waals surface area contributed by atoms with E-state index in [1.807, 2.05) is 0 Å². The molecule has 114 valence electrons. The van der Waals surface area contributed by atoms with E-state index in [1.54, 1.807) is 18.5 Å². The van der Waals surface area contributed by atoms with Crippen LogP contribution in [0.15, 0.2) is 18.5 Å². The molecule has 0 spiro atoms. The number of nitrogen functional groups attached to an aromatic ring is 1. The molecular weight excluding hydrogens is 268 g/mol. The molecule has 2 aromatic rings. The summed E-state index contributed by atoms with van der Waals surface area (Å²) in [6.45, 7) is 4.95. The van der Waals surface area contributed by atoms with Crippen molar-refractivity contribution in [3.8, 4) is 12.0 Å². The minimum absolute atomic E-state index is 0.132. The van der Waals surface area contributed by atoms with Gasteiger partial charge in [0.15, 0.2) is 0 Å². The zero-order valence-corrected chi connectivity index (χ0v) is 12.6. The van der Waals surface area contributed by atoms with Gasteiger partial charge in [0.2, 0.25) is 5.95 Å². The monoisotopic (exact) mass is 290 g/mol. The molecule has 0 aliphatic heterocycles. The number of hydrogen-bond donors (Lipinski definition) is 1. The first kappa shape index (κ1) is 15.2. The number of nitrogens with two attached hydrogens (primary N) is 1. The van der Waals surface area contributed by atoms with Gasteiger partial charge in [-0.2, -0.15) is 20.1 Å². The molecule has 0 aliphatic carbocycles. The van der Waals surface area contributed by atoms with Crippen molar-refractivity contribution in [1.82, 2.24) is 24.7 Å². The molecule has 1 unspecified atom stereocenters. The van der Waals surface area contributed by atoms with E-state index in [0.29, 0.717) is 18.5 Å². The summed E-state index contributed by atoms with van der Waals surface area (Å²) in [4.78, 5) is 12.3. The third kappa shape index (κ3) is 4.40. The summed E-state index contributed by atoms with van der Waals surface area (Å²) in [5.74, 6) is 1.01. The Balaban J connectivity index is 2.03. The lowest BCUT2D eigenvalue weighted by Gasteiger charge is -2.14. The first-order valence-electron chi connectivity index (χ1n) is 7.37. The van der Waals surface area contributed by atoms with Crippen LogP contribution in [0.4, 0.5) is 5.95 Å². The van der Waals surface area contributed by atoms with Gasteiger partial charge in [-0.3, -0.25) is 0 Å². The van der Waals surface area contributed by atoms with E-state index in [0.717, 1.165) is 12.8 Å². The Hall–Kier alpha value is -2.18. The normalized spacial score (nSPS) is 12.3. The van der Waals surface area contributed by atoms with Crippen molar-refractivity contribution in [1.29, 1.82) is 0 Å². The zero-order valence-electron chi connectivity index (χ0n) is 12.6. The third-order valence-corrected chi connectivity index (χ3v) is 3.32. The molecule has 0 aliphatic rings. The quantitative estimate of drug-likeness (QED) is 0.801. The Labute approximate surface area is 124 Å². The average molecular weight is 290 g/mol. The summed E-state index contributed by atoms with van der Waals surface area (Å²) < 4.78 is 7.22. The molecule has 2 rings (SSSR count). The number of ether oxygens (including phenoxy) is 1. The molecule has 0 saturated heterocycles. The number of anilines is 1. The molecule has 21 heavy (non-hydrogen) atoms. The fraction of sp³-hybridized carbons (Fsp3) is 0.571. The Morgan fingerprint density at radius 2 is 2.14 bits per heavy atom. The van der Waals surface area contributed by atoms with Gasteiger partial charge in [0.05, 0.1) is 6.61 Å². The van der Waals surface area contributed by atoms with Crippen molar-refractivity contribution in [2.75, 3.05) is 12.3 Å². The number of nitrogens with zero attached hydrogens (tertiary/aromatic N) is 5. The predicted molar refractivity (Wildman–Crippen MR) is 80.2 cm³/mol. The summed E-state index contributed by atoms with van der Waals surface area (Å²) >= 11 is 0. The van der Waals surface area contributed by atoms with E-state index in [4.69, 9.17) is 10.5 Å². The Morgan fingerprint density at radius 3 is 2.81 bits per heavy atom. The topological polar surface area (TPSA) is 91.7 Å². The number of hydrogen-bond acceptors (Lipinski definition) is 6. The van der Waals surface area contributed by atoms with Crippen molar-refractivity contribution < 1.29 is 4.74 Å². The van der Waals surface area contributed by atoms with Crippen LogP contribution >= 0.6 is 0 Å². The molecule has 2 aromatic heterocycles. The van der Waals surface area contributed by atoms with E-state index in [-0.39, 0.29) is 12.0 Å². The first-order chi connectivity index (χ1) is 10.2. The standard InChI is InChI=1S/C14H22N6O/c1-3-5-7-11(4-2)10-21-14-18-12(15)17-13(19-14)20-9-6-8-16-20/h6,8-9,11H,3-5,7,10H2,1-2H3,(H2,15,17,18,19). The molecule has 1 atom stereocenters. The van der Waals surface area contributed by atoms with Crippen LogP contribution < -0.4 is 10.5 Å². The van der Waals surface area contributed by atoms with Crippen LogP contribution in [0, 0.1) is 5.92 Å². The molecule has 2 N–H and O–H groups in total. The van der Waals surface area contributed by atoms with Gasteiger partial charge in [0, 0.05) is 12.4 Å². The van der Waals surface area contributed by atoms with Gasteiger partial charge in [-0.25, -0.2) is 4.68 Å². The summed E-state index contributed by atoms with van der Waals surface area (Å²) in [6, 6.07) is 2.04. The molecule has 0 radical (unpaired) electrons. The van der Waals surface area contributed by atoms with Gasteiger partial charge in [-0.15, -0.1) is 0 Å². The van der Waals surface area contributed by atoms with Crippen LogP contribution in [0.25, 0.3) is 5.95 Å². The SMILES string of the molecule is CCCCC(CC)COc1nc(N)nc(-n2cccn2)n1. The number of aromatic nitrogens is 5. The van der Waals surface area contributed by atoms with E-state index >= 15 is 0 Å². The summed E-state index contributed by atoms with van der Waals surface area (Å²) in [5, 5.41) is 4.07. The molecule has 7 heteroatoms. The summed E-state index contributed by atoms with van der Waals surface area (Å²) in [5.41, 5.74) is 5.70. The molecule has 2 heterocycles. The van der Waals surface area contributed by atoms with Crippen molar-refractivity contribution in [2.24, 2.45) is 5.92 Å². The van der Waals surface area contributed by atoms with Gasteiger partial charge < -0.3 is 10.5 Å². The van der Waals surface area contributed by atoms with Crippen molar-refractivity contribution in [2.45, 2.75) is 39.5 Å². The first-order valence-corrected chi connectivity index (χ1v) is 7.37. The maximum Gasteiger partial charge on any atom is 0.323 e. The molecule has 0 bridgehead atoms. The van der Waals surface area contributed by atoms with Crippen LogP contribution in [0.2, 0.25) is 0 Å². The highest BCUT2D eigenvalue weighted by Gasteiger charge is 2.11. The lowest BCUT2D eigenvalue weighted by atomic mass is 10.0. The lowest BCUT2D eigenvalue weighted by molar-refractivity contribution is 0.217. The van der Waals surface area contributed by atoms with E-state index in [2.05, 4.69) is 33.9 Å². The van der Waals surface area contributed by atoms with Gasteiger partial charge in [0.1, 0.15) is 0 Å². The lowest BCUT2D eigenvalue weighted by Crippen LogP contribution is -2.15. The van der Waals surface area contributed by atoms with Crippen molar-refractivity contribution >= 4 is 5.95 Å². The zero-order chi connectivity index (χ0) is 15.1. The van der Waals surface area contributed by atoms with Crippen molar-refractivity contribution in [3.05, 3.63) is 18.5 Å². The molecule has 0 saturated carbocycles. The van der Waals surface area contributed by atoms with Gasteiger partial charge in [0.25, 0.3) is 5.95 Å². The average Bonchev–Trinajstić information content (AvgIpc) is 3.01. The van der Waals surface area contributed by atoms with Crippen LogP contribution in [0.5, 0.6) is 6.01 Å². The fourth-order valence-corrected chi connectivity index (χ4v) is 2.01. The maximum atomic E-state index is 5.70. The van der Waals surface area contributed by atoms with E-state index < -0.39 is 0 Å². The summed E-state index contributed by atoms with van der Waals surface area (Å²) in [6.07, 6.45) is 8.03. The molecule has 0 amide bonds. The molecule has 7 nitrogen and oxygen atoms in total. The van der Waals surface area contributed by atoms with E-state index in [1.165, 1.54) is 17.5 Å². The fourth-order valence-electron chi connectivity index (χ4n) is 2.01. The number of rotatable bonds is 8. The Kier molecular flexibility index (Phi) is 5.48. The minimum Gasteiger partial charge on any atom is -0.463 e. The summed E-state index contributed by atoms with van der Waals surface area (Å²) in [7, 11) is 0. The highest BCUT2D eigenvalue weighted by atomic mass is 16.5. The van der Waals surface area contributed by atoms with E-state index in [9.17, 15) is 0 Å². The number of unbranched alkanes of at least 4 members (excludes halogenated alkanes) is 1. The smallest absolute Gasteiger partial charge is 0.323 e. The van der Waals surface area contributed by atoms with Crippen LogP contribution in [0.3, 0.4) is 0 Å². The van der Waals surface area contributed by atoms with Gasteiger partial charge >= 0.3 is 6.01 Å². The maximum absolute atomic E-state index is 5.70. The van der Waals surface area contributed by atoms with Gasteiger partial charge in [-0.1, -0.05) is 33.1 Å². The van der Waals surface area contributed by atoms with Crippen molar-refractivity contribution in [3.63, 3.8) is 0 Å². The Morgan fingerprint density at radius 1 is 1.29 bits per heavy atom. The second kappa shape index (κ2) is 7.56. The second-order valence-electron chi connectivity index (χ2n) is 4.95. The third-order valence-electron chi connectivity index (χ3n) is 3.32. The van der Waals surface area contributed by atoms with Gasteiger partial charge in [-0.05, 0) is 18.4 Å². The molecule has 0 fully saturated rings. The highest BCUT2D eigenvalue weighted by molar-refractivity contribution is 5.24. The predicted octanol–water partition coefficient (Wildman–Crippen LogP) is 2.23. The Bertz CT molecular complexity index is 542. The molecular formula is C14H22N6O.